The number of aliphatic hydroxyl groups is 3. The molecule has 3 N–H and O–H groups in total. The molecule has 0 amide bonds. The zero-order chi connectivity index (χ0) is 19.1. The molecule has 3 unspecified atom stereocenters. The predicted molar refractivity (Wildman–Crippen MR) is 79.8 cm³/mol. The highest BCUT2D eigenvalue weighted by Gasteiger charge is 2.12. The summed E-state index contributed by atoms with van der Waals surface area (Å²) in [5, 5.41) is 26.0. The summed E-state index contributed by atoms with van der Waals surface area (Å²) in [6.07, 6.45) is -3.43. The van der Waals surface area contributed by atoms with E-state index in [1.807, 2.05) is 0 Å². The number of carbonyl (C=O) groups excluding carboxylic acids is 3. The Kier molecular flexibility index (Phi) is 15.1. The van der Waals surface area contributed by atoms with Gasteiger partial charge in [0, 0.05) is 7.11 Å². The van der Waals surface area contributed by atoms with Gasteiger partial charge in [-0.05, 0) is 20.8 Å². The van der Waals surface area contributed by atoms with Crippen molar-refractivity contribution in [1.29, 1.82) is 0 Å². The molecule has 0 rings (SSSR count). The van der Waals surface area contributed by atoms with Gasteiger partial charge >= 0.3 is 17.9 Å². The smallest absolute Gasteiger partial charge is 0.334 e. The van der Waals surface area contributed by atoms with Crippen LogP contribution in [0.5, 0.6) is 0 Å². The quantitative estimate of drug-likeness (QED) is 0.251. The molecule has 0 fully saturated rings. The van der Waals surface area contributed by atoms with Gasteiger partial charge in [0.15, 0.2) is 0 Å². The molecule has 0 spiro atoms. The molecule has 0 aromatic rings. The van der Waals surface area contributed by atoms with E-state index in [2.05, 4.69) is 18.9 Å². The molecule has 0 bridgehead atoms. The molecule has 142 valence electrons. The van der Waals surface area contributed by atoms with Crippen LogP contribution in [0.1, 0.15) is 20.8 Å². The Morgan fingerprint density at radius 3 is 1.12 bits per heavy atom. The van der Waals surface area contributed by atoms with Crippen molar-refractivity contribution in [2.75, 3.05) is 33.5 Å². The van der Waals surface area contributed by atoms with Crippen LogP contribution in [-0.4, -0.2) is 85.1 Å². The zero-order valence-corrected chi connectivity index (χ0v) is 14.3. The fraction of sp³-hybridized carbons (Fsp3) is 0.786. The van der Waals surface area contributed by atoms with Gasteiger partial charge in [0.05, 0.1) is 6.61 Å². The topological polar surface area (TPSA) is 149 Å². The molecular weight excluding hydrogens is 328 g/mol. The lowest BCUT2D eigenvalue weighted by Crippen LogP contribution is -2.24. The summed E-state index contributed by atoms with van der Waals surface area (Å²) >= 11 is 0. The summed E-state index contributed by atoms with van der Waals surface area (Å²) < 4.78 is 18.1. The highest BCUT2D eigenvalue weighted by Crippen LogP contribution is 1.90. The number of carbonyl (C=O) groups is 3. The van der Waals surface area contributed by atoms with Crippen molar-refractivity contribution in [2.45, 2.75) is 39.1 Å². The Morgan fingerprint density at radius 1 is 0.667 bits per heavy atom. The normalized spacial score (nSPS) is 13.6. The lowest BCUT2D eigenvalue weighted by molar-refractivity contribution is -0.161. The van der Waals surface area contributed by atoms with Gasteiger partial charge in [-0.3, -0.25) is 0 Å². The molecule has 0 aliphatic carbocycles. The third-order valence-corrected chi connectivity index (χ3v) is 2.13. The van der Waals surface area contributed by atoms with E-state index in [4.69, 9.17) is 15.3 Å². The van der Waals surface area contributed by atoms with E-state index >= 15 is 0 Å². The first kappa shape index (κ1) is 24.5. The molecule has 0 saturated carbocycles. The molecule has 0 aliphatic heterocycles. The average molecular weight is 354 g/mol. The average Bonchev–Trinajstić information content (AvgIpc) is 2.51. The monoisotopic (exact) mass is 354 g/mol. The van der Waals surface area contributed by atoms with Crippen LogP contribution >= 0.6 is 0 Å². The van der Waals surface area contributed by atoms with Crippen LogP contribution in [0.3, 0.4) is 0 Å². The van der Waals surface area contributed by atoms with Gasteiger partial charge in [-0.1, -0.05) is 0 Å². The number of hydrogen-bond donors (Lipinski definition) is 3. The molecule has 0 aliphatic rings. The van der Waals surface area contributed by atoms with Crippen LogP contribution in [0.2, 0.25) is 0 Å². The van der Waals surface area contributed by atoms with E-state index in [9.17, 15) is 14.4 Å². The van der Waals surface area contributed by atoms with Crippen LogP contribution in [0.25, 0.3) is 0 Å². The molecule has 0 radical (unpaired) electrons. The SMILES string of the molecule is CC(O)C(=O)OCCOC(=O)C(C)O.COCCOC(=O)C(C)O. The van der Waals surface area contributed by atoms with Crippen molar-refractivity contribution in [3.8, 4) is 0 Å². The first-order chi connectivity index (χ1) is 11.1. The summed E-state index contributed by atoms with van der Waals surface area (Å²) in [5.74, 6) is -2.17. The summed E-state index contributed by atoms with van der Waals surface area (Å²) in [5.41, 5.74) is 0. The highest BCUT2D eigenvalue weighted by atomic mass is 16.6. The molecule has 24 heavy (non-hydrogen) atoms. The van der Waals surface area contributed by atoms with Gasteiger partial charge in [0.2, 0.25) is 0 Å². The largest absolute Gasteiger partial charge is 0.461 e. The lowest BCUT2D eigenvalue weighted by atomic mass is 10.4. The fourth-order valence-corrected chi connectivity index (χ4v) is 0.872. The number of hydrogen-bond acceptors (Lipinski definition) is 10. The summed E-state index contributed by atoms with van der Waals surface area (Å²) in [4.78, 5) is 31.8. The van der Waals surface area contributed by atoms with E-state index < -0.39 is 36.2 Å². The molecular formula is C14H26O10. The van der Waals surface area contributed by atoms with E-state index in [1.54, 1.807) is 0 Å². The van der Waals surface area contributed by atoms with Crippen molar-refractivity contribution >= 4 is 17.9 Å². The van der Waals surface area contributed by atoms with E-state index in [0.717, 1.165) is 0 Å². The third-order valence-electron chi connectivity index (χ3n) is 2.13. The van der Waals surface area contributed by atoms with Crippen molar-refractivity contribution in [1.82, 2.24) is 0 Å². The summed E-state index contributed by atoms with van der Waals surface area (Å²) in [6, 6.07) is 0. The van der Waals surface area contributed by atoms with Gasteiger partial charge in [-0.25, -0.2) is 14.4 Å². The number of esters is 3. The lowest BCUT2D eigenvalue weighted by Gasteiger charge is -2.08. The summed E-state index contributed by atoms with van der Waals surface area (Å²) in [7, 11) is 1.51. The van der Waals surface area contributed by atoms with Gasteiger partial charge in [0.25, 0.3) is 0 Å². The number of ether oxygens (including phenoxy) is 4. The maximum atomic E-state index is 10.7. The Labute approximate surface area is 140 Å². The molecule has 10 heteroatoms. The van der Waals surface area contributed by atoms with Crippen LogP contribution in [-0.2, 0) is 33.3 Å². The molecule has 0 aromatic carbocycles. The number of methoxy groups -OCH3 is 1. The minimum Gasteiger partial charge on any atom is -0.461 e. The highest BCUT2D eigenvalue weighted by molar-refractivity contribution is 5.74. The maximum absolute atomic E-state index is 10.7. The number of aliphatic hydroxyl groups excluding tert-OH is 3. The Hall–Kier alpha value is -1.75. The standard InChI is InChI=1S/C8H14O6.C6H12O4/c1-5(9)7(11)13-3-4-14-8(12)6(2)10;1-5(7)6(8)10-4-3-9-2/h5-6,9-10H,3-4H2,1-2H3;5,7H,3-4H2,1-2H3. The predicted octanol–water partition coefficient (Wildman–Crippen LogP) is -1.61. The van der Waals surface area contributed by atoms with E-state index in [-0.39, 0.29) is 19.8 Å². The first-order valence-corrected chi connectivity index (χ1v) is 7.16. The van der Waals surface area contributed by atoms with Gasteiger partial charge in [0.1, 0.15) is 38.1 Å². The van der Waals surface area contributed by atoms with Gasteiger partial charge in [-0.15, -0.1) is 0 Å². The zero-order valence-electron chi connectivity index (χ0n) is 14.3. The Balaban J connectivity index is 0. The molecule has 3 atom stereocenters. The van der Waals surface area contributed by atoms with Crippen LogP contribution in [0.4, 0.5) is 0 Å². The van der Waals surface area contributed by atoms with Gasteiger partial charge < -0.3 is 34.3 Å². The Bertz CT molecular complexity index is 343. The minimum absolute atomic E-state index is 0.137. The van der Waals surface area contributed by atoms with Crippen LogP contribution in [0, 0.1) is 0 Å². The molecule has 0 aromatic heterocycles. The van der Waals surface area contributed by atoms with Crippen molar-refractivity contribution in [2.24, 2.45) is 0 Å². The second-order valence-electron chi connectivity index (χ2n) is 4.52. The van der Waals surface area contributed by atoms with Crippen molar-refractivity contribution in [3.63, 3.8) is 0 Å². The van der Waals surface area contributed by atoms with Crippen LogP contribution in [0.15, 0.2) is 0 Å². The summed E-state index contributed by atoms with van der Waals surface area (Å²) in [6.45, 7) is 4.17. The Morgan fingerprint density at radius 2 is 0.917 bits per heavy atom. The van der Waals surface area contributed by atoms with E-state index in [1.165, 1.54) is 27.9 Å². The van der Waals surface area contributed by atoms with Crippen LogP contribution < -0.4 is 0 Å². The third kappa shape index (κ3) is 15.2. The second-order valence-corrected chi connectivity index (χ2v) is 4.52. The minimum atomic E-state index is -1.19. The molecule has 0 saturated heterocycles. The number of rotatable bonds is 9. The van der Waals surface area contributed by atoms with E-state index in [0.29, 0.717) is 6.61 Å². The fourth-order valence-electron chi connectivity index (χ4n) is 0.872. The molecule has 0 heterocycles. The first-order valence-electron chi connectivity index (χ1n) is 7.16. The maximum Gasteiger partial charge on any atom is 0.334 e. The molecule has 10 nitrogen and oxygen atoms in total. The van der Waals surface area contributed by atoms with Crippen molar-refractivity contribution in [3.05, 3.63) is 0 Å². The van der Waals surface area contributed by atoms with Crippen molar-refractivity contribution < 1.29 is 48.7 Å². The second kappa shape index (κ2) is 14.8. The van der Waals surface area contributed by atoms with Gasteiger partial charge in [-0.2, -0.15) is 0 Å².